The number of carbonyl (C=O) groups excluding carboxylic acids is 1. The van der Waals surface area contributed by atoms with Crippen LogP contribution in [-0.4, -0.2) is 40.5 Å². The van der Waals surface area contributed by atoms with Gasteiger partial charge in [0, 0.05) is 13.0 Å². The summed E-state index contributed by atoms with van der Waals surface area (Å²) in [5.74, 6) is 0.280. The van der Waals surface area contributed by atoms with Gasteiger partial charge in [-0.25, -0.2) is 9.78 Å². The molecule has 1 N–H and O–H groups in total. The molecule has 88 valence electrons. The highest BCUT2D eigenvalue weighted by atomic mass is 16.5. The largest absolute Gasteiger partial charge is 0.460 e. The highest BCUT2D eigenvalue weighted by molar-refractivity contribution is 5.84. The summed E-state index contributed by atoms with van der Waals surface area (Å²) in [5.41, 5.74) is 0. The van der Waals surface area contributed by atoms with Crippen molar-refractivity contribution in [3.8, 4) is 0 Å². The van der Waals surface area contributed by atoms with E-state index in [1.807, 2.05) is 0 Å². The summed E-state index contributed by atoms with van der Waals surface area (Å²) in [6.07, 6.45) is 2.99. The van der Waals surface area contributed by atoms with Crippen LogP contribution in [0.3, 0.4) is 0 Å². The fraction of sp³-hybridized carbons (Fsp3) is 0.700. The van der Waals surface area contributed by atoms with Crippen molar-refractivity contribution in [1.29, 1.82) is 0 Å². The van der Waals surface area contributed by atoms with Crippen LogP contribution in [-0.2, 0) is 15.9 Å². The monoisotopic (exact) mass is 225 g/mol. The molecule has 0 radical (unpaired) electrons. The topological polar surface area (TPSA) is 77.1 Å². The molecule has 6 heteroatoms. The molecule has 6 nitrogen and oxygen atoms in total. The average molecular weight is 225 g/mol. The molecule has 1 aromatic heterocycles. The molecule has 0 aliphatic carbocycles. The second kappa shape index (κ2) is 5.07. The van der Waals surface area contributed by atoms with Crippen molar-refractivity contribution >= 4 is 5.97 Å². The Labute approximate surface area is 93.4 Å². The third kappa shape index (κ3) is 2.57. The normalized spacial score (nSPS) is 19.9. The molecule has 1 aromatic rings. The summed E-state index contributed by atoms with van der Waals surface area (Å²) in [6, 6.07) is 0. The smallest absolute Gasteiger partial charge is 0.378 e. The predicted molar refractivity (Wildman–Crippen MR) is 55.0 cm³/mol. The van der Waals surface area contributed by atoms with Gasteiger partial charge < -0.3 is 9.47 Å². The molecular weight excluding hydrogens is 210 g/mol. The molecule has 0 amide bonds. The SMILES string of the molecule is CCOC(=O)c1n[nH]c(CC2CCCO2)n1. The van der Waals surface area contributed by atoms with Crippen LogP contribution >= 0.6 is 0 Å². The van der Waals surface area contributed by atoms with Crippen LogP contribution in [0.4, 0.5) is 0 Å². The van der Waals surface area contributed by atoms with Gasteiger partial charge in [0.1, 0.15) is 5.82 Å². The lowest BCUT2D eigenvalue weighted by molar-refractivity contribution is 0.0512. The van der Waals surface area contributed by atoms with Crippen LogP contribution in [0.2, 0.25) is 0 Å². The maximum atomic E-state index is 11.3. The average Bonchev–Trinajstić information content (AvgIpc) is 2.90. The van der Waals surface area contributed by atoms with Gasteiger partial charge in [0.25, 0.3) is 5.82 Å². The number of rotatable bonds is 4. The first kappa shape index (κ1) is 11.1. The molecule has 1 atom stereocenters. The van der Waals surface area contributed by atoms with Gasteiger partial charge >= 0.3 is 5.97 Å². The first-order chi connectivity index (χ1) is 7.79. The number of hydrogen-bond acceptors (Lipinski definition) is 5. The molecule has 1 saturated heterocycles. The van der Waals surface area contributed by atoms with Crippen LogP contribution in [0.15, 0.2) is 0 Å². The molecule has 0 spiro atoms. The minimum absolute atomic E-state index is 0.0925. The van der Waals surface area contributed by atoms with Gasteiger partial charge in [0.15, 0.2) is 0 Å². The van der Waals surface area contributed by atoms with Crippen LogP contribution in [0.25, 0.3) is 0 Å². The van der Waals surface area contributed by atoms with Gasteiger partial charge in [-0.15, -0.1) is 5.10 Å². The summed E-state index contributed by atoms with van der Waals surface area (Å²) >= 11 is 0. The van der Waals surface area contributed by atoms with Gasteiger partial charge in [-0.05, 0) is 19.8 Å². The van der Waals surface area contributed by atoms with Gasteiger partial charge in [0.2, 0.25) is 0 Å². The van der Waals surface area contributed by atoms with E-state index in [1.165, 1.54) is 0 Å². The molecule has 1 unspecified atom stereocenters. The highest BCUT2D eigenvalue weighted by Gasteiger charge is 2.19. The Bertz CT molecular complexity index is 358. The van der Waals surface area contributed by atoms with Gasteiger partial charge in [0.05, 0.1) is 12.7 Å². The molecule has 2 rings (SSSR count). The van der Waals surface area contributed by atoms with Crippen LogP contribution < -0.4 is 0 Å². The Morgan fingerprint density at radius 3 is 3.25 bits per heavy atom. The predicted octanol–water partition coefficient (Wildman–Crippen LogP) is 0.703. The number of nitrogens with one attached hydrogen (secondary N) is 1. The van der Waals surface area contributed by atoms with E-state index >= 15 is 0 Å². The number of H-pyrrole nitrogens is 1. The van der Waals surface area contributed by atoms with Crippen LogP contribution in [0.1, 0.15) is 36.2 Å². The number of esters is 1. The van der Waals surface area contributed by atoms with E-state index in [4.69, 9.17) is 9.47 Å². The molecule has 0 bridgehead atoms. The van der Waals surface area contributed by atoms with E-state index in [9.17, 15) is 4.79 Å². The first-order valence-electron chi connectivity index (χ1n) is 5.49. The number of aromatic nitrogens is 3. The van der Waals surface area contributed by atoms with E-state index in [2.05, 4.69) is 15.2 Å². The zero-order chi connectivity index (χ0) is 11.4. The van der Waals surface area contributed by atoms with Crippen LogP contribution in [0, 0.1) is 0 Å². The Balaban J connectivity index is 1.93. The number of carbonyl (C=O) groups is 1. The molecule has 16 heavy (non-hydrogen) atoms. The first-order valence-corrected chi connectivity index (χ1v) is 5.49. The van der Waals surface area contributed by atoms with E-state index in [-0.39, 0.29) is 11.9 Å². The fourth-order valence-electron chi connectivity index (χ4n) is 1.69. The van der Waals surface area contributed by atoms with E-state index in [0.29, 0.717) is 18.9 Å². The molecule has 0 aromatic carbocycles. The zero-order valence-corrected chi connectivity index (χ0v) is 9.23. The molecular formula is C10H15N3O3. The van der Waals surface area contributed by atoms with Crippen molar-refractivity contribution in [3.63, 3.8) is 0 Å². The van der Waals surface area contributed by atoms with Crippen molar-refractivity contribution in [2.45, 2.75) is 32.3 Å². The quantitative estimate of drug-likeness (QED) is 0.763. The number of hydrogen-bond donors (Lipinski definition) is 1. The Morgan fingerprint density at radius 2 is 2.56 bits per heavy atom. The number of nitrogens with zero attached hydrogens (tertiary/aromatic N) is 2. The van der Waals surface area contributed by atoms with Crippen LogP contribution in [0.5, 0.6) is 0 Å². The standard InChI is InChI=1S/C10H15N3O3/c1-2-15-10(14)9-11-8(12-13-9)6-7-4-3-5-16-7/h7H,2-6H2,1H3,(H,11,12,13). The van der Waals surface area contributed by atoms with Gasteiger partial charge in [-0.2, -0.15) is 0 Å². The van der Waals surface area contributed by atoms with E-state index < -0.39 is 5.97 Å². The molecule has 2 heterocycles. The summed E-state index contributed by atoms with van der Waals surface area (Å²) in [7, 11) is 0. The summed E-state index contributed by atoms with van der Waals surface area (Å²) in [4.78, 5) is 15.4. The third-order valence-corrected chi connectivity index (χ3v) is 2.43. The summed E-state index contributed by atoms with van der Waals surface area (Å²) in [5, 5.41) is 6.54. The second-order valence-corrected chi connectivity index (χ2v) is 3.67. The maximum Gasteiger partial charge on any atom is 0.378 e. The van der Waals surface area contributed by atoms with Crippen molar-refractivity contribution in [1.82, 2.24) is 15.2 Å². The maximum absolute atomic E-state index is 11.3. The van der Waals surface area contributed by atoms with Crippen molar-refractivity contribution in [2.24, 2.45) is 0 Å². The molecule has 1 fully saturated rings. The summed E-state index contributed by atoms with van der Waals surface area (Å²) in [6.45, 7) is 2.88. The highest BCUT2D eigenvalue weighted by Crippen LogP contribution is 2.15. The number of aromatic amines is 1. The Kier molecular flexibility index (Phi) is 3.51. The van der Waals surface area contributed by atoms with Crippen molar-refractivity contribution in [3.05, 3.63) is 11.6 Å². The van der Waals surface area contributed by atoms with Gasteiger partial charge in [-0.3, -0.25) is 5.10 Å². The second-order valence-electron chi connectivity index (χ2n) is 3.67. The minimum atomic E-state index is -0.489. The van der Waals surface area contributed by atoms with E-state index in [0.717, 1.165) is 19.4 Å². The lowest BCUT2D eigenvalue weighted by Crippen LogP contribution is -2.10. The molecule has 0 saturated carbocycles. The molecule has 1 aliphatic rings. The van der Waals surface area contributed by atoms with Crippen molar-refractivity contribution < 1.29 is 14.3 Å². The Morgan fingerprint density at radius 1 is 1.69 bits per heavy atom. The fourth-order valence-corrected chi connectivity index (χ4v) is 1.69. The van der Waals surface area contributed by atoms with Gasteiger partial charge in [-0.1, -0.05) is 0 Å². The van der Waals surface area contributed by atoms with E-state index in [1.54, 1.807) is 6.92 Å². The zero-order valence-electron chi connectivity index (χ0n) is 9.23. The number of ether oxygens (including phenoxy) is 2. The molecule has 1 aliphatic heterocycles. The van der Waals surface area contributed by atoms with Crippen molar-refractivity contribution in [2.75, 3.05) is 13.2 Å². The Hall–Kier alpha value is -1.43. The lowest BCUT2D eigenvalue weighted by Gasteiger charge is -2.04. The lowest BCUT2D eigenvalue weighted by atomic mass is 10.2. The third-order valence-electron chi connectivity index (χ3n) is 2.43. The minimum Gasteiger partial charge on any atom is -0.460 e. The summed E-state index contributed by atoms with van der Waals surface area (Å²) < 4.78 is 10.3.